The van der Waals surface area contributed by atoms with Crippen LogP contribution in [0.25, 0.3) is 0 Å². The predicted octanol–water partition coefficient (Wildman–Crippen LogP) is 3.63. The highest BCUT2D eigenvalue weighted by Gasteiger charge is 2.29. The molecule has 2 heterocycles. The number of rotatable bonds is 9. The van der Waals surface area contributed by atoms with Crippen LogP contribution in [0.4, 0.5) is 0 Å². The van der Waals surface area contributed by atoms with Crippen LogP contribution in [-0.4, -0.2) is 62.3 Å². The summed E-state index contributed by atoms with van der Waals surface area (Å²) in [6.45, 7) is 2.06. The molecule has 1 aromatic carbocycles. The van der Waals surface area contributed by atoms with E-state index in [1.165, 1.54) is 0 Å². The van der Waals surface area contributed by atoms with Crippen molar-refractivity contribution in [3.63, 3.8) is 0 Å². The molecule has 1 aliphatic rings. The smallest absolute Gasteiger partial charge is 0.262 e. The van der Waals surface area contributed by atoms with Gasteiger partial charge < -0.3 is 10.6 Å². The van der Waals surface area contributed by atoms with Crippen molar-refractivity contribution in [3.05, 3.63) is 55.2 Å². The quantitative estimate of drug-likeness (QED) is 0.495. The number of nitrogens with one attached hydrogen (secondary N) is 2. The van der Waals surface area contributed by atoms with E-state index in [1.54, 1.807) is 18.2 Å². The molecule has 0 saturated carbocycles. The molecule has 33 heavy (non-hydrogen) atoms. The molecule has 0 radical (unpaired) electrons. The van der Waals surface area contributed by atoms with Crippen LogP contribution in [0.1, 0.15) is 28.1 Å². The number of benzene rings is 1. The minimum atomic E-state index is -3.30. The highest BCUT2D eigenvalue weighted by Crippen LogP contribution is 2.24. The molecule has 180 valence electrons. The molecule has 1 aliphatic heterocycles. The maximum absolute atomic E-state index is 12.9. The van der Waals surface area contributed by atoms with Crippen molar-refractivity contribution in [3.8, 4) is 0 Å². The first-order valence-corrected chi connectivity index (χ1v) is 14.2. The number of hydrogen-bond acceptors (Lipinski definition) is 6. The van der Waals surface area contributed by atoms with Gasteiger partial charge in [0, 0.05) is 31.9 Å². The van der Waals surface area contributed by atoms with E-state index < -0.39 is 27.7 Å². The molecular formula is C21H24Cl3N3O4S2. The normalized spacial score (nSPS) is 17.6. The third kappa shape index (κ3) is 8.12. The van der Waals surface area contributed by atoms with E-state index in [0.717, 1.165) is 36.1 Å². The zero-order valence-electron chi connectivity index (χ0n) is 17.8. The maximum Gasteiger partial charge on any atom is 0.262 e. The highest BCUT2D eigenvalue weighted by atomic mass is 35.5. The Labute approximate surface area is 212 Å². The summed E-state index contributed by atoms with van der Waals surface area (Å²) >= 11 is 19.0. The summed E-state index contributed by atoms with van der Waals surface area (Å²) < 4.78 is 23.7. The standard InChI is InChI=1S/C21H24Cl3N3O4S2/c1-33(30,31)9-7-17(26-21(29)18-4-5-19(24)32-18)20(28)25-14-6-8-27(12-14)11-13-2-3-15(22)16(23)10-13/h2-5,10,14,17H,6-9,11-12H2,1H3,(H,25,28)(H,26,29)/t14-,17+/m1/s1. The number of hydrogen-bond donors (Lipinski definition) is 2. The van der Waals surface area contributed by atoms with Gasteiger partial charge in [0.15, 0.2) is 0 Å². The van der Waals surface area contributed by atoms with Gasteiger partial charge in [-0.2, -0.15) is 0 Å². The Morgan fingerprint density at radius 2 is 1.94 bits per heavy atom. The topological polar surface area (TPSA) is 95.6 Å². The molecule has 2 atom stereocenters. The zero-order chi connectivity index (χ0) is 24.2. The fraction of sp³-hybridized carbons (Fsp3) is 0.429. The van der Waals surface area contributed by atoms with E-state index in [4.69, 9.17) is 34.8 Å². The third-order valence-corrected chi connectivity index (χ3v) is 8.15. The molecular weight excluding hydrogens is 529 g/mol. The molecule has 0 unspecified atom stereocenters. The second kappa shape index (κ2) is 11.4. The Bertz CT molecular complexity index is 1120. The summed E-state index contributed by atoms with van der Waals surface area (Å²) in [6.07, 6.45) is 1.82. The fourth-order valence-electron chi connectivity index (χ4n) is 3.56. The average Bonchev–Trinajstić information content (AvgIpc) is 3.36. The summed E-state index contributed by atoms with van der Waals surface area (Å²) in [6, 6.07) is 7.55. The minimum Gasteiger partial charge on any atom is -0.350 e. The van der Waals surface area contributed by atoms with E-state index in [2.05, 4.69) is 15.5 Å². The summed E-state index contributed by atoms with van der Waals surface area (Å²) in [5, 5.41) is 6.60. The van der Waals surface area contributed by atoms with Gasteiger partial charge in [-0.25, -0.2) is 8.42 Å². The molecule has 7 nitrogen and oxygen atoms in total. The summed E-state index contributed by atoms with van der Waals surface area (Å²) in [5.74, 6) is -1.09. The van der Waals surface area contributed by atoms with Crippen molar-refractivity contribution < 1.29 is 18.0 Å². The molecule has 0 bridgehead atoms. The first kappa shape index (κ1) is 26.2. The van der Waals surface area contributed by atoms with Crippen molar-refractivity contribution in [1.82, 2.24) is 15.5 Å². The molecule has 0 spiro atoms. The van der Waals surface area contributed by atoms with Crippen molar-refractivity contribution in [1.29, 1.82) is 0 Å². The first-order valence-electron chi connectivity index (χ1n) is 10.2. The highest BCUT2D eigenvalue weighted by molar-refractivity contribution is 7.90. The van der Waals surface area contributed by atoms with Gasteiger partial charge in [0.25, 0.3) is 5.91 Å². The lowest BCUT2D eigenvalue weighted by molar-refractivity contribution is -0.123. The Balaban J connectivity index is 1.59. The molecule has 1 aromatic heterocycles. The van der Waals surface area contributed by atoms with Crippen LogP contribution in [0, 0.1) is 0 Å². The third-order valence-electron chi connectivity index (χ3n) is 5.21. The monoisotopic (exact) mass is 551 g/mol. The van der Waals surface area contributed by atoms with Crippen LogP contribution in [-0.2, 0) is 21.2 Å². The van der Waals surface area contributed by atoms with E-state index in [1.807, 2.05) is 12.1 Å². The van der Waals surface area contributed by atoms with Crippen molar-refractivity contribution >= 4 is 67.8 Å². The van der Waals surface area contributed by atoms with Gasteiger partial charge in [-0.1, -0.05) is 40.9 Å². The minimum absolute atomic E-state index is 0.0186. The van der Waals surface area contributed by atoms with Gasteiger partial charge in [-0.3, -0.25) is 14.5 Å². The Hall–Kier alpha value is -1.36. The number of carbonyl (C=O) groups excluding carboxylic acids is 2. The molecule has 2 aromatic rings. The van der Waals surface area contributed by atoms with Gasteiger partial charge in [0.1, 0.15) is 15.9 Å². The number of nitrogens with zero attached hydrogens (tertiary/aromatic N) is 1. The lowest BCUT2D eigenvalue weighted by Gasteiger charge is -2.21. The predicted molar refractivity (Wildman–Crippen MR) is 133 cm³/mol. The molecule has 2 N–H and O–H groups in total. The molecule has 12 heteroatoms. The van der Waals surface area contributed by atoms with Crippen molar-refractivity contribution in [2.24, 2.45) is 0 Å². The van der Waals surface area contributed by atoms with Crippen LogP contribution in [0.5, 0.6) is 0 Å². The molecule has 3 rings (SSSR count). The van der Waals surface area contributed by atoms with Crippen LogP contribution >= 0.6 is 46.1 Å². The Morgan fingerprint density at radius 3 is 2.58 bits per heavy atom. The van der Waals surface area contributed by atoms with Gasteiger partial charge in [0.05, 0.1) is 25.0 Å². The Kier molecular flexibility index (Phi) is 9.05. The number of halogens is 3. The largest absolute Gasteiger partial charge is 0.350 e. The Morgan fingerprint density at radius 1 is 1.18 bits per heavy atom. The lowest BCUT2D eigenvalue weighted by atomic mass is 10.1. The van der Waals surface area contributed by atoms with Crippen molar-refractivity contribution in [2.45, 2.75) is 31.5 Å². The summed E-state index contributed by atoms with van der Waals surface area (Å²) in [7, 11) is -3.30. The van der Waals surface area contributed by atoms with Crippen LogP contribution < -0.4 is 10.6 Å². The SMILES string of the molecule is CS(=O)(=O)CC[C@H](NC(=O)c1ccc(Cl)s1)C(=O)N[C@@H]1CCN(Cc2ccc(Cl)c(Cl)c2)C1. The zero-order valence-corrected chi connectivity index (χ0v) is 21.7. The lowest BCUT2D eigenvalue weighted by Crippen LogP contribution is -2.50. The molecule has 2 amide bonds. The summed E-state index contributed by atoms with van der Waals surface area (Å²) in [4.78, 5) is 28.0. The first-order chi connectivity index (χ1) is 15.5. The summed E-state index contributed by atoms with van der Waals surface area (Å²) in [5.41, 5.74) is 1.02. The number of amides is 2. The second-order valence-electron chi connectivity index (χ2n) is 8.03. The maximum atomic E-state index is 12.9. The fourth-order valence-corrected chi connectivity index (χ4v) is 5.49. The molecule has 1 fully saturated rings. The van der Waals surface area contributed by atoms with Crippen LogP contribution in [0.3, 0.4) is 0 Å². The number of carbonyl (C=O) groups is 2. The van der Waals surface area contributed by atoms with Crippen LogP contribution in [0.2, 0.25) is 14.4 Å². The number of likely N-dealkylation sites (tertiary alicyclic amines) is 1. The molecule has 1 saturated heterocycles. The van der Waals surface area contributed by atoms with Gasteiger partial charge in [0.2, 0.25) is 5.91 Å². The van der Waals surface area contributed by atoms with E-state index in [0.29, 0.717) is 32.3 Å². The second-order valence-corrected chi connectivity index (χ2v) is 12.8. The van der Waals surface area contributed by atoms with E-state index in [9.17, 15) is 18.0 Å². The van der Waals surface area contributed by atoms with Gasteiger partial charge in [-0.15, -0.1) is 11.3 Å². The van der Waals surface area contributed by atoms with Gasteiger partial charge in [-0.05, 0) is 42.7 Å². The van der Waals surface area contributed by atoms with Crippen molar-refractivity contribution in [2.75, 3.05) is 25.1 Å². The number of thiophene rings is 1. The van der Waals surface area contributed by atoms with E-state index in [-0.39, 0.29) is 18.2 Å². The average molecular weight is 553 g/mol. The number of sulfone groups is 1. The van der Waals surface area contributed by atoms with Gasteiger partial charge >= 0.3 is 0 Å². The van der Waals surface area contributed by atoms with E-state index >= 15 is 0 Å². The molecule has 0 aliphatic carbocycles. The van der Waals surface area contributed by atoms with Crippen LogP contribution in [0.15, 0.2) is 30.3 Å².